The quantitative estimate of drug-likeness (QED) is 0.671. The van der Waals surface area contributed by atoms with Gasteiger partial charge in [-0.25, -0.2) is 4.79 Å². The van der Waals surface area contributed by atoms with E-state index < -0.39 is 12.0 Å². The van der Waals surface area contributed by atoms with Crippen molar-refractivity contribution >= 4 is 23.4 Å². The predicted octanol–water partition coefficient (Wildman–Crippen LogP) is 2.96. The summed E-state index contributed by atoms with van der Waals surface area (Å²) in [5.74, 6) is -0.0420. The molecule has 0 spiro atoms. The van der Waals surface area contributed by atoms with Gasteiger partial charge in [0, 0.05) is 24.4 Å². The molecule has 0 radical (unpaired) electrons. The lowest BCUT2D eigenvalue weighted by atomic mass is 10.3. The second-order valence-electron chi connectivity index (χ2n) is 4.39. The molecule has 0 fully saturated rings. The van der Waals surface area contributed by atoms with Crippen LogP contribution in [0.3, 0.4) is 0 Å². The van der Waals surface area contributed by atoms with Crippen LogP contribution < -0.4 is 15.4 Å². The molecule has 6 heteroatoms. The van der Waals surface area contributed by atoms with Gasteiger partial charge in [0.05, 0.1) is 11.9 Å². The monoisotopic (exact) mass is 285 g/mol. The highest BCUT2D eigenvalue weighted by Gasteiger charge is 2.05. The third-order valence-electron chi connectivity index (χ3n) is 2.52. The topological polar surface area (TPSA) is 80.3 Å². The highest BCUT2D eigenvalue weighted by molar-refractivity contribution is 5.99. The number of nitrogens with zero attached hydrogens (tertiary/aromatic N) is 1. The Morgan fingerprint density at radius 2 is 1.86 bits per heavy atom. The Bertz CT molecular complexity index is 653. The Balaban J connectivity index is 1.99. The van der Waals surface area contributed by atoms with E-state index in [0.29, 0.717) is 17.1 Å². The lowest BCUT2D eigenvalue weighted by molar-refractivity contribution is -0.131. The zero-order chi connectivity index (χ0) is 15.2. The first-order chi connectivity index (χ1) is 10.0. The number of anilines is 2. The molecule has 0 saturated heterocycles. The first-order valence-electron chi connectivity index (χ1n) is 6.32. The number of hydrogen-bond acceptors (Lipinski definition) is 4. The zero-order valence-electron chi connectivity index (χ0n) is 11.7. The predicted molar refractivity (Wildman–Crippen MR) is 79.4 cm³/mol. The van der Waals surface area contributed by atoms with Crippen LogP contribution >= 0.6 is 0 Å². The number of rotatable bonds is 3. The number of pyridine rings is 1. The van der Waals surface area contributed by atoms with E-state index >= 15 is 0 Å². The number of nitrogens with one attached hydrogen (secondary N) is 2. The van der Waals surface area contributed by atoms with Crippen molar-refractivity contribution in [1.82, 2.24) is 4.98 Å². The van der Waals surface area contributed by atoms with E-state index in [-0.39, 0.29) is 0 Å². The molecular weight excluding hydrogens is 270 g/mol. The van der Waals surface area contributed by atoms with Crippen molar-refractivity contribution in [2.75, 3.05) is 10.6 Å². The lowest BCUT2D eigenvalue weighted by Crippen LogP contribution is -2.19. The molecule has 1 heterocycles. The maximum absolute atomic E-state index is 11.8. The van der Waals surface area contributed by atoms with E-state index in [2.05, 4.69) is 15.6 Å². The van der Waals surface area contributed by atoms with Crippen LogP contribution in [-0.2, 0) is 4.79 Å². The van der Waals surface area contributed by atoms with Crippen LogP contribution in [0.4, 0.5) is 16.2 Å². The molecular formula is C15H15N3O3. The van der Waals surface area contributed by atoms with Gasteiger partial charge in [-0.2, -0.15) is 0 Å². The molecule has 0 bridgehead atoms. The van der Waals surface area contributed by atoms with Crippen molar-refractivity contribution in [2.24, 2.45) is 0 Å². The first-order valence-corrected chi connectivity index (χ1v) is 6.32. The molecule has 0 unspecified atom stereocenters. The highest BCUT2D eigenvalue weighted by Crippen LogP contribution is 2.17. The molecule has 0 saturated carbocycles. The summed E-state index contributed by atoms with van der Waals surface area (Å²) in [6.45, 7) is 3.18. The van der Waals surface area contributed by atoms with Gasteiger partial charge in [-0.1, -0.05) is 6.07 Å². The number of aromatic nitrogens is 1. The standard InChI is InChI=1S/C15H15N3O3/c1-10-6-7-13(9-16-10)18-15(20)17-12-4-3-5-14(8-12)21-11(2)19/h3-9H,1-2H3,(H2,17,18,20). The van der Waals surface area contributed by atoms with Gasteiger partial charge in [-0.3, -0.25) is 9.78 Å². The zero-order valence-corrected chi connectivity index (χ0v) is 11.7. The number of urea groups is 1. The fourth-order valence-electron chi connectivity index (χ4n) is 1.64. The van der Waals surface area contributed by atoms with Gasteiger partial charge in [0.1, 0.15) is 5.75 Å². The summed E-state index contributed by atoms with van der Waals surface area (Å²) in [5.41, 5.74) is 1.98. The summed E-state index contributed by atoms with van der Waals surface area (Å²) in [4.78, 5) is 26.8. The average Bonchev–Trinajstić information content (AvgIpc) is 2.41. The molecule has 21 heavy (non-hydrogen) atoms. The van der Waals surface area contributed by atoms with Crippen LogP contribution in [0.15, 0.2) is 42.6 Å². The molecule has 6 nitrogen and oxygen atoms in total. The third-order valence-corrected chi connectivity index (χ3v) is 2.52. The molecule has 108 valence electrons. The normalized spacial score (nSPS) is 9.81. The van der Waals surface area contributed by atoms with E-state index in [0.717, 1.165) is 5.69 Å². The van der Waals surface area contributed by atoms with E-state index in [1.54, 1.807) is 42.6 Å². The highest BCUT2D eigenvalue weighted by atomic mass is 16.5. The second-order valence-corrected chi connectivity index (χ2v) is 4.39. The fourth-order valence-corrected chi connectivity index (χ4v) is 1.64. The minimum absolute atomic E-state index is 0.373. The summed E-state index contributed by atoms with van der Waals surface area (Å²) in [5, 5.41) is 5.31. The smallest absolute Gasteiger partial charge is 0.323 e. The third kappa shape index (κ3) is 4.61. The molecule has 2 rings (SSSR count). The van der Waals surface area contributed by atoms with E-state index in [9.17, 15) is 9.59 Å². The van der Waals surface area contributed by atoms with Crippen LogP contribution in [0.25, 0.3) is 0 Å². The number of esters is 1. The van der Waals surface area contributed by atoms with Gasteiger partial charge in [-0.15, -0.1) is 0 Å². The number of benzene rings is 1. The molecule has 0 aliphatic heterocycles. The Labute approximate surface area is 122 Å². The number of hydrogen-bond donors (Lipinski definition) is 2. The molecule has 2 amide bonds. The SMILES string of the molecule is CC(=O)Oc1cccc(NC(=O)Nc2ccc(C)nc2)c1. The average molecular weight is 285 g/mol. The van der Waals surface area contributed by atoms with Crippen molar-refractivity contribution < 1.29 is 14.3 Å². The van der Waals surface area contributed by atoms with E-state index in [1.165, 1.54) is 6.92 Å². The van der Waals surface area contributed by atoms with Crippen LogP contribution in [0.1, 0.15) is 12.6 Å². The molecule has 0 atom stereocenters. The van der Waals surface area contributed by atoms with Crippen molar-refractivity contribution in [3.63, 3.8) is 0 Å². The lowest BCUT2D eigenvalue weighted by Gasteiger charge is -2.08. The first kappa shape index (κ1) is 14.5. The summed E-state index contributed by atoms with van der Waals surface area (Å²) < 4.78 is 4.95. The second kappa shape index (κ2) is 6.51. The summed E-state index contributed by atoms with van der Waals surface area (Å²) >= 11 is 0. The van der Waals surface area contributed by atoms with Gasteiger partial charge < -0.3 is 15.4 Å². The van der Waals surface area contributed by atoms with Crippen molar-refractivity contribution in [3.05, 3.63) is 48.3 Å². The van der Waals surface area contributed by atoms with E-state index in [1.807, 2.05) is 6.92 Å². The molecule has 1 aromatic heterocycles. The van der Waals surface area contributed by atoms with Crippen LogP contribution in [-0.4, -0.2) is 17.0 Å². The maximum atomic E-state index is 11.8. The van der Waals surface area contributed by atoms with Crippen molar-refractivity contribution in [1.29, 1.82) is 0 Å². The maximum Gasteiger partial charge on any atom is 0.323 e. The molecule has 2 N–H and O–H groups in total. The largest absolute Gasteiger partial charge is 0.427 e. The van der Waals surface area contributed by atoms with Gasteiger partial charge in [0.15, 0.2) is 0 Å². The number of aryl methyl sites for hydroxylation is 1. The van der Waals surface area contributed by atoms with Gasteiger partial charge in [-0.05, 0) is 31.2 Å². The van der Waals surface area contributed by atoms with Crippen molar-refractivity contribution in [2.45, 2.75) is 13.8 Å². The number of carbonyl (C=O) groups excluding carboxylic acids is 2. The van der Waals surface area contributed by atoms with Crippen molar-refractivity contribution in [3.8, 4) is 5.75 Å². The Kier molecular flexibility index (Phi) is 4.50. The van der Waals surface area contributed by atoms with Crippen LogP contribution in [0.2, 0.25) is 0 Å². The fraction of sp³-hybridized carbons (Fsp3) is 0.133. The number of amides is 2. The van der Waals surface area contributed by atoms with Crippen LogP contribution in [0, 0.1) is 6.92 Å². The summed E-state index contributed by atoms with van der Waals surface area (Å²) in [6, 6.07) is 9.73. The molecule has 2 aromatic rings. The van der Waals surface area contributed by atoms with E-state index in [4.69, 9.17) is 4.74 Å². The van der Waals surface area contributed by atoms with Crippen LogP contribution in [0.5, 0.6) is 5.75 Å². The molecule has 0 aliphatic rings. The van der Waals surface area contributed by atoms with Gasteiger partial charge >= 0.3 is 12.0 Å². The Hall–Kier alpha value is -2.89. The Morgan fingerprint density at radius 3 is 2.52 bits per heavy atom. The van der Waals surface area contributed by atoms with Gasteiger partial charge in [0.25, 0.3) is 0 Å². The number of carbonyl (C=O) groups is 2. The molecule has 1 aromatic carbocycles. The molecule has 0 aliphatic carbocycles. The van der Waals surface area contributed by atoms with Gasteiger partial charge in [0.2, 0.25) is 0 Å². The minimum Gasteiger partial charge on any atom is -0.427 e. The number of ether oxygens (including phenoxy) is 1. The Morgan fingerprint density at radius 1 is 1.10 bits per heavy atom. The summed E-state index contributed by atoms with van der Waals surface area (Å²) in [7, 11) is 0. The summed E-state index contributed by atoms with van der Waals surface area (Å²) in [6.07, 6.45) is 1.57. The minimum atomic E-state index is -0.415.